The van der Waals surface area contributed by atoms with Gasteiger partial charge in [0, 0.05) is 49.0 Å². The number of hydrogen-bond acceptors (Lipinski definition) is 4. The van der Waals surface area contributed by atoms with Crippen molar-refractivity contribution in [3.8, 4) is 0 Å². The van der Waals surface area contributed by atoms with E-state index in [2.05, 4.69) is 31.1 Å². The minimum Gasteiger partial charge on any atom is -0.307 e. The normalized spacial score (nSPS) is 16.2. The first kappa shape index (κ1) is 20.8. The molecule has 0 atom stereocenters. The highest BCUT2D eigenvalue weighted by Gasteiger charge is 2.34. The molecule has 1 saturated heterocycles. The highest BCUT2D eigenvalue weighted by Crippen LogP contribution is 2.33. The molecule has 150 valence electrons. The lowest BCUT2D eigenvalue weighted by Gasteiger charge is -2.33. The minimum atomic E-state index is -4.54. The highest BCUT2D eigenvalue weighted by molar-refractivity contribution is 9.10. The van der Waals surface area contributed by atoms with Crippen LogP contribution in [0.15, 0.2) is 41.0 Å². The van der Waals surface area contributed by atoms with Crippen LogP contribution >= 0.6 is 15.9 Å². The number of hydrogen-bond donors (Lipinski definition) is 1. The van der Waals surface area contributed by atoms with Gasteiger partial charge in [-0.2, -0.15) is 13.2 Å². The number of rotatable bonds is 4. The first-order valence-electron chi connectivity index (χ1n) is 8.76. The highest BCUT2D eigenvalue weighted by atomic mass is 79.9. The predicted molar refractivity (Wildman–Crippen MR) is 104 cm³/mol. The van der Waals surface area contributed by atoms with E-state index < -0.39 is 17.6 Å². The summed E-state index contributed by atoms with van der Waals surface area (Å²) >= 11 is 3.26. The summed E-state index contributed by atoms with van der Waals surface area (Å²) in [6.45, 7) is 3.27. The molecule has 2 heterocycles. The molecule has 1 aliphatic heterocycles. The molecule has 1 aliphatic rings. The zero-order valence-corrected chi connectivity index (χ0v) is 16.8. The lowest BCUT2D eigenvalue weighted by molar-refractivity contribution is -0.138. The number of nitrogens with one attached hydrogen (secondary N) is 1. The number of nitrogens with zero attached hydrogens (tertiary/aromatic N) is 3. The zero-order valence-electron chi connectivity index (χ0n) is 15.3. The summed E-state index contributed by atoms with van der Waals surface area (Å²) in [5.74, 6) is -0.378. The molecule has 1 aromatic heterocycles. The van der Waals surface area contributed by atoms with Crippen molar-refractivity contribution >= 4 is 27.7 Å². The summed E-state index contributed by atoms with van der Waals surface area (Å²) in [5, 5.41) is 2.52. The number of carbonyl (C=O) groups is 1. The first-order valence-corrected chi connectivity index (χ1v) is 9.55. The molecule has 28 heavy (non-hydrogen) atoms. The largest absolute Gasteiger partial charge is 0.416 e. The van der Waals surface area contributed by atoms with Crippen LogP contribution in [0.25, 0.3) is 0 Å². The molecule has 1 fully saturated rings. The van der Waals surface area contributed by atoms with Crippen molar-refractivity contribution in [1.82, 2.24) is 14.8 Å². The van der Waals surface area contributed by atoms with Crippen LogP contribution in [0.5, 0.6) is 0 Å². The van der Waals surface area contributed by atoms with E-state index in [-0.39, 0.29) is 23.5 Å². The molecule has 0 unspecified atom stereocenters. The van der Waals surface area contributed by atoms with E-state index in [0.717, 1.165) is 19.2 Å². The number of alkyl halides is 3. The van der Waals surface area contributed by atoms with Crippen LogP contribution in [0.2, 0.25) is 0 Å². The number of benzene rings is 1. The van der Waals surface area contributed by atoms with Gasteiger partial charge in [0.2, 0.25) is 0 Å². The summed E-state index contributed by atoms with van der Waals surface area (Å²) in [4.78, 5) is 20.5. The molecule has 0 radical (unpaired) electrons. The number of aromatic nitrogens is 1. The Labute approximate surface area is 169 Å². The fraction of sp³-hybridized carbons (Fsp3) is 0.368. The van der Waals surface area contributed by atoms with Crippen LogP contribution in [0.3, 0.4) is 0 Å². The number of amides is 1. The quantitative estimate of drug-likeness (QED) is 0.758. The fourth-order valence-corrected chi connectivity index (χ4v) is 3.36. The third-order valence-corrected chi connectivity index (χ3v) is 5.12. The maximum absolute atomic E-state index is 13.6. The summed E-state index contributed by atoms with van der Waals surface area (Å²) in [5.41, 5.74) is -0.660. The van der Waals surface area contributed by atoms with Crippen molar-refractivity contribution in [2.75, 3.05) is 38.5 Å². The zero-order chi connectivity index (χ0) is 20.3. The van der Waals surface area contributed by atoms with Crippen LogP contribution in [-0.2, 0) is 12.7 Å². The molecule has 1 aromatic carbocycles. The molecular weight excluding hydrogens is 437 g/mol. The van der Waals surface area contributed by atoms with E-state index in [1.807, 2.05) is 11.9 Å². The number of anilines is 1. The average molecular weight is 457 g/mol. The van der Waals surface area contributed by atoms with Crippen molar-refractivity contribution in [2.24, 2.45) is 0 Å². The van der Waals surface area contributed by atoms with Gasteiger partial charge in [-0.3, -0.25) is 9.69 Å². The molecule has 0 aliphatic carbocycles. The summed E-state index contributed by atoms with van der Waals surface area (Å²) in [7, 11) is 1.99. The Morgan fingerprint density at radius 2 is 1.89 bits per heavy atom. The number of piperazine rings is 1. The van der Waals surface area contributed by atoms with Gasteiger partial charge in [0.05, 0.1) is 5.56 Å². The summed E-state index contributed by atoms with van der Waals surface area (Å²) in [6, 6.07) is 6.99. The topological polar surface area (TPSA) is 48.5 Å². The van der Waals surface area contributed by atoms with E-state index in [0.29, 0.717) is 17.6 Å². The number of pyridine rings is 1. The molecule has 3 rings (SSSR count). The van der Waals surface area contributed by atoms with E-state index in [1.54, 1.807) is 12.1 Å². The number of likely N-dealkylation sites (N-methyl/N-ethyl adjacent to an activating group) is 1. The molecule has 2 aromatic rings. The summed E-state index contributed by atoms with van der Waals surface area (Å²) in [6.07, 6.45) is -3.05. The third-order valence-electron chi connectivity index (χ3n) is 4.63. The SMILES string of the molecule is CN1CCN(Cc2ccc(C(=O)Nc3cc(Br)ccn3)cc2C(F)(F)F)CC1. The van der Waals surface area contributed by atoms with Crippen LogP contribution in [0.1, 0.15) is 21.5 Å². The van der Waals surface area contributed by atoms with Gasteiger partial charge in [-0.1, -0.05) is 22.0 Å². The van der Waals surface area contributed by atoms with Crippen LogP contribution in [0, 0.1) is 0 Å². The maximum atomic E-state index is 13.6. The first-order chi connectivity index (χ1) is 13.2. The monoisotopic (exact) mass is 456 g/mol. The predicted octanol–water partition coefficient (Wildman–Crippen LogP) is 3.86. The Morgan fingerprint density at radius 3 is 2.54 bits per heavy atom. The van der Waals surface area contributed by atoms with E-state index in [9.17, 15) is 18.0 Å². The van der Waals surface area contributed by atoms with Gasteiger partial charge >= 0.3 is 6.18 Å². The van der Waals surface area contributed by atoms with Crippen molar-refractivity contribution in [1.29, 1.82) is 0 Å². The smallest absolute Gasteiger partial charge is 0.307 e. The van der Waals surface area contributed by atoms with Crippen molar-refractivity contribution in [3.05, 3.63) is 57.7 Å². The average Bonchev–Trinajstić information content (AvgIpc) is 2.63. The van der Waals surface area contributed by atoms with E-state index in [1.165, 1.54) is 18.3 Å². The van der Waals surface area contributed by atoms with Gasteiger partial charge in [-0.25, -0.2) is 4.98 Å². The lowest BCUT2D eigenvalue weighted by Crippen LogP contribution is -2.44. The van der Waals surface area contributed by atoms with Crippen LogP contribution in [-0.4, -0.2) is 53.9 Å². The van der Waals surface area contributed by atoms with Crippen LogP contribution < -0.4 is 5.32 Å². The molecule has 1 N–H and O–H groups in total. The Morgan fingerprint density at radius 1 is 1.18 bits per heavy atom. The molecule has 5 nitrogen and oxygen atoms in total. The van der Waals surface area contributed by atoms with Crippen molar-refractivity contribution in [2.45, 2.75) is 12.7 Å². The fourth-order valence-electron chi connectivity index (χ4n) is 3.03. The minimum absolute atomic E-state index is 0.0590. The number of halogens is 4. The van der Waals surface area contributed by atoms with Gasteiger partial charge in [0.25, 0.3) is 5.91 Å². The second-order valence-corrected chi connectivity index (χ2v) is 7.68. The molecule has 0 spiro atoms. The van der Waals surface area contributed by atoms with Crippen molar-refractivity contribution in [3.63, 3.8) is 0 Å². The molecular formula is C19H20BrF3N4O. The Balaban J connectivity index is 1.81. The Bertz CT molecular complexity index is 851. The maximum Gasteiger partial charge on any atom is 0.416 e. The van der Waals surface area contributed by atoms with Gasteiger partial charge in [0.15, 0.2) is 0 Å². The Kier molecular flexibility index (Phi) is 6.36. The second kappa shape index (κ2) is 8.59. The molecule has 0 saturated carbocycles. The van der Waals surface area contributed by atoms with Gasteiger partial charge in [-0.15, -0.1) is 0 Å². The molecule has 1 amide bonds. The van der Waals surface area contributed by atoms with Gasteiger partial charge in [-0.05, 0) is 36.9 Å². The number of carbonyl (C=O) groups excluding carboxylic acids is 1. The summed E-state index contributed by atoms with van der Waals surface area (Å²) < 4.78 is 41.5. The molecule has 0 bridgehead atoms. The lowest BCUT2D eigenvalue weighted by atomic mass is 10.0. The second-order valence-electron chi connectivity index (χ2n) is 6.76. The van der Waals surface area contributed by atoms with Gasteiger partial charge in [0.1, 0.15) is 5.82 Å². The van der Waals surface area contributed by atoms with Crippen molar-refractivity contribution < 1.29 is 18.0 Å². The third kappa shape index (κ3) is 5.30. The van der Waals surface area contributed by atoms with E-state index >= 15 is 0 Å². The standard InChI is InChI=1S/C19H20BrF3N4O/c1-26-6-8-27(9-7-26)12-14-3-2-13(10-16(14)19(21,22)23)18(28)25-17-11-15(20)4-5-24-17/h2-5,10-11H,6-9,12H2,1H3,(H,24,25,28). The van der Waals surface area contributed by atoms with Crippen LogP contribution in [0.4, 0.5) is 19.0 Å². The molecule has 9 heteroatoms. The Hall–Kier alpha value is -1.97. The van der Waals surface area contributed by atoms with E-state index in [4.69, 9.17) is 0 Å². The van der Waals surface area contributed by atoms with Gasteiger partial charge < -0.3 is 10.2 Å².